The summed E-state index contributed by atoms with van der Waals surface area (Å²) in [6.45, 7) is 4.46. The van der Waals surface area contributed by atoms with E-state index in [-0.39, 0.29) is 0 Å². The summed E-state index contributed by atoms with van der Waals surface area (Å²) in [5.41, 5.74) is 0. The van der Waals surface area contributed by atoms with E-state index >= 15 is 0 Å². The van der Waals surface area contributed by atoms with Crippen LogP contribution in [0, 0.1) is 0 Å². The lowest BCUT2D eigenvalue weighted by Crippen LogP contribution is -2.39. The Balaban J connectivity index is 1.69. The van der Waals surface area contributed by atoms with Crippen molar-refractivity contribution < 1.29 is 0 Å². The molecule has 2 unspecified atom stereocenters. The van der Waals surface area contributed by atoms with Gasteiger partial charge in [0.15, 0.2) is 0 Å². The lowest BCUT2D eigenvalue weighted by molar-refractivity contribution is 0.458. The second-order valence-electron chi connectivity index (χ2n) is 4.30. The molecule has 0 amide bonds. The summed E-state index contributed by atoms with van der Waals surface area (Å²) in [6, 6.07) is 1.13. The molecule has 2 rings (SSSR count). The van der Waals surface area contributed by atoms with Crippen molar-refractivity contribution in [1.82, 2.24) is 15.6 Å². The maximum absolute atomic E-state index is 4.39. The van der Waals surface area contributed by atoms with E-state index in [4.69, 9.17) is 0 Å². The van der Waals surface area contributed by atoms with Crippen molar-refractivity contribution >= 4 is 23.1 Å². The summed E-state index contributed by atoms with van der Waals surface area (Å²) in [5, 5.41) is 10.5. The highest BCUT2D eigenvalue weighted by atomic mass is 32.2. The first-order valence-corrected chi connectivity index (χ1v) is 8.37. The van der Waals surface area contributed by atoms with Gasteiger partial charge in [-0.25, -0.2) is 4.98 Å². The van der Waals surface area contributed by atoms with E-state index < -0.39 is 0 Å². The van der Waals surface area contributed by atoms with E-state index in [1.807, 2.05) is 6.20 Å². The molecule has 1 saturated heterocycles. The third-order valence-corrected chi connectivity index (χ3v) is 5.06. The molecule has 0 aliphatic carbocycles. The van der Waals surface area contributed by atoms with Crippen LogP contribution in [0.5, 0.6) is 0 Å². The molecule has 17 heavy (non-hydrogen) atoms. The third-order valence-electron chi connectivity index (χ3n) is 3.04. The number of nitrogens with one attached hydrogen (secondary N) is 2. The fourth-order valence-corrected chi connectivity index (χ4v) is 3.84. The average Bonchev–Trinajstić information content (AvgIpc) is 2.90. The van der Waals surface area contributed by atoms with Crippen molar-refractivity contribution in [2.24, 2.45) is 0 Å². The van der Waals surface area contributed by atoms with Crippen molar-refractivity contribution in [3.63, 3.8) is 0 Å². The zero-order valence-electron chi connectivity index (χ0n) is 10.3. The van der Waals surface area contributed by atoms with Crippen LogP contribution in [-0.4, -0.2) is 35.6 Å². The Morgan fingerprint density at radius 3 is 3.24 bits per heavy atom. The molecular weight excluding hydrogens is 250 g/mol. The second kappa shape index (κ2) is 7.36. The van der Waals surface area contributed by atoms with Crippen LogP contribution < -0.4 is 10.6 Å². The first-order valence-electron chi connectivity index (χ1n) is 6.34. The zero-order valence-corrected chi connectivity index (χ0v) is 11.9. The van der Waals surface area contributed by atoms with E-state index in [0.29, 0.717) is 12.1 Å². The smallest absolute Gasteiger partial charge is 0.109 e. The standard InChI is InChI=1S/C12H21N3S2/c1-2-11(12-15-6-8-17-12)14-4-3-10-9-16-7-5-13-10/h6,8,10-11,13-14H,2-5,7,9H2,1H3. The van der Waals surface area contributed by atoms with Gasteiger partial charge >= 0.3 is 0 Å². The molecule has 2 heterocycles. The summed E-state index contributed by atoms with van der Waals surface area (Å²) in [6.07, 6.45) is 4.22. The summed E-state index contributed by atoms with van der Waals surface area (Å²) in [5.74, 6) is 2.52. The van der Waals surface area contributed by atoms with Gasteiger partial charge in [-0.05, 0) is 19.4 Å². The van der Waals surface area contributed by atoms with Crippen molar-refractivity contribution in [3.05, 3.63) is 16.6 Å². The molecule has 1 aromatic heterocycles. The van der Waals surface area contributed by atoms with Crippen LogP contribution in [-0.2, 0) is 0 Å². The minimum Gasteiger partial charge on any atom is -0.312 e. The van der Waals surface area contributed by atoms with Crippen molar-refractivity contribution in [2.75, 3.05) is 24.6 Å². The quantitative estimate of drug-likeness (QED) is 0.832. The summed E-state index contributed by atoms with van der Waals surface area (Å²) in [4.78, 5) is 4.39. The highest BCUT2D eigenvalue weighted by Crippen LogP contribution is 2.18. The first kappa shape index (κ1) is 13.3. The Hall–Kier alpha value is -0.100. The molecule has 1 aliphatic rings. The monoisotopic (exact) mass is 271 g/mol. The molecule has 0 aromatic carbocycles. The maximum atomic E-state index is 4.39. The van der Waals surface area contributed by atoms with Gasteiger partial charge in [0, 0.05) is 35.7 Å². The minimum atomic E-state index is 0.436. The van der Waals surface area contributed by atoms with Crippen LogP contribution >= 0.6 is 23.1 Å². The molecule has 0 spiro atoms. The molecule has 0 saturated carbocycles. The highest BCUT2D eigenvalue weighted by molar-refractivity contribution is 7.99. The van der Waals surface area contributed by atoms with Crippen molar-refractivity contribution in [3.8, 4) is 0 Å². The third kappa shape index (κ3) is 4.25. The van der Waals surface area contributed by atoms with Crippen LogP contribution in [0.25, 0.3) is 0 Å². The summed E-state index contributed by atoms with van der Waals surface area (Å²) >= 11 is 3.81. The average molecular weight is 271 g/mol. The number of nitrogens with zero attached hydrogens (tertiary/aromatic N) is 1. The first-order chi connectivity index (χ1) is 8.40. The molecule has 0 bridgehead atoms. The van der Waals surface area contributed by atoms with Crippen LogP contribution in [0.1, 0.15) is 30.8 Å². The van der Waals surface area contributed by atoms with Crippen LogP contribution in [0.4, 0.5) is 0 Å². The maximum Gasteiger partial charge on any atom is 0.109 e. The predicted molar refractivity (Wildman–Crippen MR) is 76.9 cm³/mol. The van der Waals surface area contributed by atoms with Gasteiger partial charge in [0.2, 0.25) is 0 Å². The van der Waals surface area contributed by atoms with Crippen LogP contribution in [0.2, 0.25) is 0 Å². The van der Waals surface area contributed by atoms with Gasteiger partial charge in [-0.2, -0.15) is 11.8 Å². The number of hydrogen-bond acceptors (Lipinski definition) is 5. The zero-order chi connectivity index (χ0) is 11.9. The predicted octanol–water partition coefficient (Wildman–Crippen LogP) is 2.28. The fraction of sp³-hybridized carbons (Fsp3) is 0.750. The van der Waals surface area contributed by atoms with Gasteiger partial charge in [-0.15, -0.1) is 11.3 Å². The van der Waals surface area contributed by atoms with Gasteiger partial charge in [0.25, 0.3) is 0 Å². The molecule has 2 atom stereocenters. The fourth-order valence-electron chi connectivity index (χ4n) is 2.05. The lowest BCUT2D eigenvalue weighted by Gasteiger charge is -2.24. The summed E-state index contributed by atoms with van der Waals surface area (Å²) in [7, 11) is 0. The van der Waals surface area contributed by atoms with E-state index in [0.717, 1.165) is 13.0 Å². The van der Waals surface area contributed by atoms with Crippen LogP contribution in [0.3, 0.4) is 0 Å². The van der Waals surface area contributed by atoms with Crippen molar-refractivity contribution in [2.45, 2.75) is 31.8 Å². The number of rotatable bonds is 6. The Morgan fingerprint density at radius 1 is 1.65 bits per heavy atom. The van der Waals surface area contributed by atoms with E-state index in [9.17, 15) is 0 Å². The number of thiazole rings is 1. The molecule has 2 N–H and O–H groups in total. The van der Waals surface area contributed by atoms with Crippen molar-refractivity contribution in [1.29, 1.82) is 0 Å². The second-order valence-corrected chi connectivity index (χ2v) is 6.38. The molecule has 3 nitrogen and oxygen atoms in total. The van der Waals surface area contributed by atoms with Gasteiger partial charge in [0.05, 0.1) is 6.04 Å². The van der Waals surface area contributed by atoms with Gasteiger partial charge in [-0.1, -0.05) is 6.92 Å². The minimum absolute atomic E-state index is 0.436. The van der Waals surface area contributed by atoms with E-state index in [1.165, 1.54) is 29.5 Å². The molecule has 1 aromatic rings. The van der Waals surface area contributed by atoms with Gasteiger partial charge in [0.1, 0.15) is 5.01 Å². The number of aromatic nitrogens is 1. The molecular formula is C12H21N3S2. The number of thioether (sulfide) groups is 1. The van der Waals surface area contributed by atoms with Crippen LogP contribution in [0.15, 0.2) is 11.6 Å². The molecule has 96 valence electrons. The Bertz CT molecular complexity index is 297. The lowest BCUT2D eigenvalue weighted by atomic mass is 10.2. The van der Waals surface area contributed by atoms with Gasteiger partial charge < -0.3 is 10.6 Å². The molecule has 5 heteroatoms. The highest BCUT2D eigenvalue weighted by Gasteiger charge is 2.14. The molecule has 1 fully saturated rings. The molecule has 0 radical (unpaired) electrons. The number of hydrogen-bond donors (Lipinski definition) is 2. The Labute approximate surface area is 112 Å². The Kier molecular flexibility index (Phi) is 5.77. The topological polar surface area (TPSA) is 37.0 Å². The largest absolute Gasteiger partial charge is 0.312 e. The van der Waals surface area contributed by atoms with Gasteiger partial charge in [-0.3, -0.25) is 0 Å². The SMILES string of the molecule is CCC(NCCC1CSCCN1)c1nccs1. The normalized spacial score (nSPS) is 22.5. The summed E-state index contributed by atoms with van der Waals surface area (Å²) < 4.78 is 0. The Morgan fingerprint density at radius 2 is 2.59 bits per heavy atom. The van der Waals surface area contributed by atoms with E-state index in [2.05, 4.69) is 39.7 Å². The van der Waals surface area contributed by atoms with E-state index in [1.54, 1.807) is 11.3 Å². The molecule has 1 aliphatic heterocycles.